The Bertz CT molecular complexity index is 1180. The van der Waals surface area contributed by atoms with Crippen LogP contribution < -0.4 is 10.5 Å². The van der Waals surface area contributed by atoms with Gasteiger partial charge in [0.2, 0.25) is 5.95 Å². The number of benzene rings is 1. The number of fused-ring (bicyclic) bond motifs is 3. The number of rotatable bonds is 2. The number of halogens is 2. The van der Waals surface area contributed by atoms with Crippen molar-refractivity contribution in [1.82, 2.24) is 14.5 Å². The lowest BCUT2D eigenvalue weighted by Crippen LogP contribution is -2.51. The predicted octanol–water partition coefficient (Wildman–Crippen LogP) is 3.01. The van der Waals surface area contributed by atoms with Gasteiger partial charge in [0.15, 0.2) is 5.82 Å². The van der Waals surface area contributed by atoms with Gasteiger partial charge in [0, 0.05) is 31.4 Å². The Balaban J connectivity index is 1.59. The van der Waals surface area contributed by atoms with Crippen LogP contribution in [0.15, 0.2) is 47.5 Å². The highest BCUT2D eigenvalue weighted by Gasteiger charge is 2.39. The molecule has 3 heterocycles. The Labute approximate surface area is 171 Å². The summed E-state index contributed by atoms with van der Waals surface area (Å²) in [6.45, 7) is 0.954. The number of nitrogens with zero attached hydrogens (tertiary/aromatic N) is 4. The van der Waals surface area contributed by atoms with Gasteiger partial charge < -0.3 is 9.64 Å². The van der Waals surface area contributed by atoms with Crippen LogP contribution in [0.4, 0.5) is 14.7 Å². The van der Waals surface area contributed by atoms with Crippen LogP contribution in [-0.2, 0) is 18.2 Å². The van der Waals surface area contributed by atoms with Crippen molar-refractivity contribution in [2.24, 2.45) is 7.05 Å². The highest BCUT2D eigenvalue weighted by Crippen LogP contribution is 2.39. The minimum absolute atomic E-state index is 0.0938. The molecule has 2 aliphatic rings. The SMILES string of the molecule is Cn1c(N2CCO[C@@H]3c4cc(F)ccc4CC[C@H]32)nc(-c2ccncc2F)cc1=O. The Hall–Kier alpha value is -3.13. The first kappa shape index (κ1) is 18.9. The molecule has 1 aliphatic heterocycles. The van der Waals surface area contributed by atoms with Crippen molar-refractivity contribution in [1.29, 1.82) is 0 Å². The maximum atomic E-state index is 14.3. The van der Waals surface area contributed by atoms with Crippen molar-refractivity contribution >= 4 is 5.95 Å². The molecular weight excluding hydrogens is 390 g/mol. The molecule has 1 fully saturated rings. The fourth-order valence-corrected chi connectivity index (χ4v) is 4.44. The van der Waals surface area contributed by atoms with Crippen LogP contribution in [-0.4, -0.2) is 33.7 Å². The Morgan fingerprint density at radius 1 is 1.20 bits per heavy atom. The van der Waals surface area contributed by atoms with Crippen molar-refractivity contribution in [3.63, 3.8) is 0 Å². The topological polar surface area (TPSA) is 60.2 Å². The standard InChI is InChI=1S/C22H20F2N4O2/c1-27-20(29)11-18(15-6-7-25-12-17(15)24)26-22(27)28-8-9-30-21-16-10-14(23)4-2-13(16)3-5-19(21)28/h2,4,6-7,10-12,19,21H,3,5,8-9H2,1H3/t19-,21-/m1/s1. The zero-order chi connectivity index (χ0) is 20.8. The van der Waals surface area contributed by atoms with Crippen LogP contribution in [0.5, 0.6) is 0 Å². The maximum Gasteiger partial charge on any atom is 0.255 e. The number of aromatic nitrogens is 3. The van der Waals surface area contributed by atoms with Gasteiger partial charge in [-0.25, -0.2) is 13.8 Å². The van der Waals surface area contributed by atoms with Gasteiger partial charge in [0.05, 0.1) is 24.5 Å². The van der Waals surface area contributed by atoms with Gasteiger partial charge in [0.1, 0.15) is 11.9 Å². The van der Waals surface area contributed by atoms with E-state index in [9.17, 15) is 13.6 Å². The smallest absolute Gasteiger partial charge is 0.255 e. The van der Waals surface area contributed by atoms with E-state index in [1.807, 2.05) is 11.0 Å². The average molecular weight is 410 g/mol. The monoisotopic (exact) mass is 410 g/mol. The van der Waals surface area contributed by atoms with Crippen molar-refractivity contribution in [2.75, 3.05) is 18.1 Å². The molecule has 0 saturated carbocycles. The second-order valence-corrected chi connectivity index (χ2v) is 7.63. The molecule has 3 aromatic rings. The molecule has 0 unspecified atom stereocenters. The lowest BCUT2D eigenvalue weighted by atomic mass is 9.84. The quantitative estimate of drug-likeness (QED) is 0.650. The van der Waals surface area contributed by atoms with E-state index in [-0.39, 0.29) is 34.8 Å². The molecule has 30 heavy (non-hydrogen) atoms. The first-order chi connectivity index (χ1) is 14.5. The zero-order valence-corrected chi connectivity index (χ0v) is 16.4. The van der Waals surface area contributed by atoms with Gasteiger partial charge in [-0.05, 0) is 42.2 Å². The molecule has 1 aromatic carbocycles. The first-order valence-corrected chi connectivity index (χ1v) is 9.87. The van der Waals surface area contributed by atoms with E-state index in [0.29, 0.717) is 19.1 Å². The van der Waals surface area contributed by atoms with Gasteiger partial charge in [-0.15, -0.1) is 0 Å². The van der Waals surface area contributed by atoms with Crippen molar-refractivity contribution < 1.29 is 13.5 Å². The van der Waals surface area contributed by atoms with Crippen molar-refractivity contribution in [2.45, 2.75) is 25.0 Å². The molecule has 0 radical (unpaired) electrons. The third-order valence-corrected chi connectivity index (χ3v) is 5.92. The number of morpholine rings is 1. The van der Waals surface area contributed by atoms with Crippen LogP contribution in [0, 0.1) is 11.6 Å². The third kappa shape index (κ3) is 3.08. The summed E-state index contributed by atoms with van der Waals surface area (Å²) in [5, 5.41) is 0. The molecule has 2 aromatic heterocycles. The van der Waals surface area contributed by atoms with Crippen LogP contribution >= 0.6 is 0 Å². The summed E-state index contributed by atoms with van der Waals surface area (Å²) >= 11 is 0. The van der Waals surface area contributed by atoms with Gasteiger partial charge in [-0.3, -0.25) is 14.3 Å². The van der Waals surface area contributed by atoms with Gasteiger partial charge >= 0.3 is 0 Å². The van der Waals surface area contributed by atoms with Crippen LogP contribution in [0.3, 0.4) is 0 Å². The lowest BCUT2D eigenvalue weighted by Gasteiger charge is -2.45. The summed E-state index contributed by atoms with van der Waals surface area (Å²) in [4.78, 5) is 23.1. The second-order valence-electron chi connectivity index (χ2n) is 7.63. The highest BCUT2D eigenvalue weighted by molar-refractivity contribution is 5.60. The second kappa shape index (κ2) is 7.28. The molecule has 1 aliphatic carbocycles. The summed E-state index contributed by atoms with van der Waals surface area (Å²) in [5.74, 6) is -0.381. The molecule has 0 bridgehead atoms. The third-order valence-electron chi connectivity index (χ3n) is 5.92. The molecule has 0 N–H and O–H groups in total. The Morgan fingerprint density at radius 3 is 2.90 bits per heavy atom. The molecule has 2 atom stereocenters. The van der Waals surface area contributed by atoms with Crippen LogP contribution in [0.25, 0.3) is 11.3 Å². The average Bonchev–Trinajstić information content (AvgIpc) is 2.75. The van der Waals surface area contributed by atoms with Crippen molar-refractivity contribution in [3.8, 4) is 11.3 Å². The van der Waals surface area contributed by atoms with Crippen molar-refractivity contribution in [3.05, 3.63) is 75.8 Å². The van der Waals surface area contributed by atoms with Crippen LogP contribution in [0.1, 0.15) is 23.7 Å². The predicted molar refractivity (Wildman–Crippen MR) is 107 cm³/mol. The molecular formula is C22H20F2N4O2. The number of anilines is 1. The molecule has 6 nitrogen and oxygen atoms in total. The zero-order valence-electron chi connectivity index (χ0n) is 16.4. The summed E-state index contributed by atoms with van der Waals surface area (Å²) in [6.07, 6.45) is 3.83. The summed E-state index contributed by atoms with van der Waals surface area (Å²) in [5.41, 5.74) is 2.13. The molecule has 0 spiro atoms. The molecule has 154 valence electrons. The van der Waals surface area contributed by atoms with E-state index in [4.69, 9.17) is 4.74 Å². The molecule has 5 rings (SSSR count). The van der Waals surface area contributed by atoms with Crippen LogP contribution in [0.2, 0.25) is 0 Å². The number of pyridine rings is 1. The Kier molecular flexibility index (Phi) is 4.58. The van der Waals surface area contributed by atoms with E-state index in [1.54, 1.807) is 7.05 Å². The first-order valence-electron chi connectivity index (χ1n) is 9.87. The van der Waals surface area contributed by atoms with E-state index in [0.717, 1.165) is 30.2 Å². The van der Waals surface area contributed by atoms with E-state index < -0.39 is 5.82 Å². The number of aryl methyl sites for hydroxylation is 1. The van der Waals surface area contributed by atoms with Gasteiger partial charge in [-0.1, -0.05) is 6.07 Å². The fraction of sp³-hybridized carbons (Fsp3) is 0.318. The maximum absolute atomic E-state index is 14.3. The molecule has 1 saturated heterocycles. The number of hydrogen-bond acceptors (Lipinski definition) is 5. The number of ether oxygens (including phenoxy) is 1. The van der Waals surface area contributed by atoms with E-state index in [1.165, 1.54) is 35.0 Å². The summed E-state index contributed by atoms with van der Waals surface area (Å²) in [7, 11) is 1.65. The lowest BCUT2D eigenvalue weighted by molar-refractivity contribution is 0.00157. The van der Waals surface area contributed by atoms with E-state index in [2.05, 4.69) is 9.97 Å². The molecule has 0 amide bonds. The van der Waals surface area contributed by atoms with Gasteiger partial charge in [-0.2, -0.15) is 0 Å². The summed E-state index contributed by atoms with van der Waals surface area (Å²) in [6, 6.07) is 7.55. The largest absolute Gasteiger partial charge is 0.370 e. The molecule has 8 heteroatoms. The Morgan fingerprint density at radius 2 is 2.07 bits per heavy atom. The minimum atomic E-state index is -0.536. The van der Waals surface area contributed by atoms with E-state index >= 15 is 0 Å². The van der Waals surface area contributed by atoms with Gasteiger partial charge in [0.25, 0.3) is 5.56 Å². The normalized spacial score (nSPS) is 20.6. The highest BCUT2D eigenvalue weighted by atomic mass is 19.1. The minimum Gasteiger partial charge on any atom is -0.370 e. The fourth-order valence-electron chi connectivity index (χ4n) is 4.44. The summed E-state index contributed by atoms with van der Waals surface area (Å²) < 4.78 is 35.7. The number of hydrogen-bond donors (Lipinski definition) is 0.